The van der Waals surface area contributed by atoms with Gasteiger partial charge in [0.05, 0.1) is 0 Å². The lowest BCUT2D eigenvalue weighted by Crippen LogP contribution is -2.34. The van der Waals surface area contributed by atoms with Crippen LogP contribution in [0, 0.1) is 11.8 Å². The minimum atomic E-state index is -0.767. The molecule has 0 radical (unpaired) electrons. The minimum absolute atomic E-state index is 0.269. The molecule has 0 aliphatic carbocycles. The third-order valence-corrected chi connectivity index (χ3v) is 4.07. The number of aliphatic carboxylic acids is 3. The van der Waals surface area contributed by atoms with Crippen molar-refractivity contribution < 1.29 is 29.7 Å². The monoisotopic (exact) mass is 405 g/mol. The molecule has 0 bridgehead atoms. The Hall–Kier alpha value is -1.71. The van der Waals surface area contributed by atoms with E-state index in [-0.39, 0.29) is 18.1 Å². The van der Waals surface area contributed by atoms with Gasteiger partial charge in [-0.1, -0.05) is 27.7 Å². The van der Waals surface area contributed by atoms with Crippen molar-refractivity contribution in [2.75, 3.05) is 20.6 Å². The third-order valence-electron chi connectivity index (χ3n) is 4.07. The van der Waals surface area contributed by atoms with Gasteiger partial charge < -0.3 is 31.3 Å². The van der Waals surface area contributed by atoms with Crippen molar-refractivity contribution in [2.24, 2.45) is 11.8 Å². The molecule has 9 heteroatoms. The summed E-state index contributed by atoms with van der Waals surface area (Å²) >= 11 is 0. The standard InChI is InChI=1S/2C7H15NO2.C5H9NO2/c2*1-5(2)4-6(8-3)7(9)10;7-5(8)4-2-1-3-6-4/h2*5-6,8H,4H2,1-3H3,(H,9,10);4,6H,1-3H2,(H,7,8)/t;;4-/m..0/s1. The molecular weight excluding hydrogens is 366 g/mol. The zero-order chi connectivity index (χ0) is 22.3. The van der Waals surface area contributed by atoms with Crippen LogP contribution in [0.1, 0.15) is 53.4 Å². The molecule has 28 heavy (non-hydrogen) atoms. The zero-order valence-corrected chi connectivity index (χ0v) is 18.0. The van der Waals surface area contributed by atoms with E-state index >= 15 is 0 Å². The lowest BCUT2D eigenvalue weighted by Gasteiger charge is -2.12. The molecule has 1 saturated heterocycles. The molecule has 0 aromatic heterocycles. The highest BCUT2D eigenvalue weighted by molar-refractivity contribution is 5.74. The van der Waals surface area contributed by atoms with Gasteiger partial charge in [0.25, 0.3) is 0 Å². The van der Waals surface area contributed by atoms with Gasteiger partial charge in [-0.15, -0.1) is 0 Å². The quantitative estimate of drug-likeness (QED) is 0.333. The van der Waals surface area contributed by atoms with Crippen molar-refractivity contribution in [3.63, 3.8) is 0 Å². The second kappa shape index (κ2) is 16.3. The van der Waals surface area contributed by atoms with Gasteiger partial charge in [-0.2, -0.15) is 0 Å². The van der Waals surface area contributed by atoms with Gasteiger partial charge in [-0.3, -0.25) is 14.4 Å². The predicted octanol–water partition coefficient (Wildman–Crippen LogP) is 1.23. The number of rotatable bonds is 9. The largest absolute Gasteiger partial charge is 0.480 e. The Morgan fingerprint density at radius 3 is 1.39 bits per heavy atom. The molecule has 166 valence electrons. The Morgan fingerprint density at radius 1 is 0.893 bits per heavy atom. The average molecular weight is 406 g/mol. The molecule has 0 aromatic carbocycles. The first-order chi connectivity index (χ1) is 13.0. The number of hydrogen-bond donors (Lipinski definition) is 6. The Labute approximate surface area is 168 Å². The first kappa shape index (κ1) is 28.5. The molecular formula is C19H39N3O6. The van der Waals surface area contributed by atoms with E-state index in [1.807, 2.05) is 27.7 Å². The fourth-order valence-electron chi connectivity index (χ4n) is 2.52. The van der Waals surface area contributed by atoms with Gasteiger partial charge in [0.1, 0.15) is 18.1 Å². The van der Waals surface area contributed by atoms with E-state index < -0.39 is 17.9 Å². The van der Waals surface area contributed by atoms with Crippen molar-refractivity contribution >= 4 is 17.9 Å². The van der Waals surface area contributed by atoms with Crippen LogP contribution in [0.15, 0.2) is 0 Å². The van der Waals surface area contributed by atoms with Crippen molar-refractivity contribution in [1.82, 2.24) is 16.0 Å². The van der Waals surface area contributed by atoms with E-state index in [0.29, 0.717) is 24.7 Å². The van der Waals surface area contributed by atoms with Crippen LogP contribution in [0.2, 0.25) is 0 Å². The van der Waals surface area contributed by atoms with Crippen LogP contribution in [0.4, 0.5) is 0 Å². The maximum Gasteiger partial charge on any atom is 0.320 e. The van der Waals surface area contributed by atoms with Gasteiger partial charge in [0.15, 0.2) is 0 Å². The number of carbonyl (C=O) groups is 3. The SMILES string of the molecule is CNC(CC(C)C)C(=O)O.CNC(CC(C)C)C(=O)O.O=C(O)[C@@H]1CCCN1. The molecule has 1 aliphatic rings. The maximum absolute atomic E-state index is 10.4. The van der Waals surface area contributed by atoms with Gasteiger partial charge >= 0.3 is 17.9 Å². The number of likely N-dealkylation sites (N-methyl/N-ethyl adjacent to an activating group) is 2. The second-order valence-electron chi connectivity index (χ2n) is 7.61. The number of carboxylic acids is 3. The molecule has 1 fully saturated rings. The molecule has 3 atom stereocenters. The van der Waals surface area contributed by atoms with Crippen molar-refractivity contribution in [3.05, 3.63) is 0 Å². The van der Waals surface area contributed by atoms with Crippen LogP contribution < -0.4 is 16.0 Å². The molecule has 0 amide bonds. The van der Waals surface area contributed by atoms with E-state index in [2.05, 4.69) is 16.0 Å². The zero-order valence-electron chi connectivity index (χ0n) is 18.0. The van der Waals surface area contributed by atoms with Gasteiger partial charge in [-0.05, 0) is 58.2 Å². The summed E-state index contributed by atoms with van der Waals surface area (Å²) in [5.41, 5.74) is 0. The molecule has 2 unspecified atom stereocenters. The van der Waals surface area contributed by atoms with Crippen LogP contribution >= 0.6 is 0 Å². The van der Waals surface area contributed by atoms with Gasteiger partial charge in [0.2, 0.25) is 0 Å². The van der Waals surface area contributed by atoms with Crippen LogP contribution in [0.25, 0.3) is 0 Å². The smallest absolute Gasteiger partial charge is 0.320 e. The summed E-state index contributed by atoms with van der Waals surface area (Å²) in [6.07, 6.45) is 3.16. The highest BCUT2D eigenvalue weighted by Gasteiger charge is 2.20. The minimum Gasteiger partial charge on any atom is -0.480 e. The first-order valence-corrected chi connectivity index (χ1v) is 9.72. The summed E-state index contributed by atoms with van der Waals surface area (Å²) in [6.45, 7) is 8.89. The maximum atomic E-state index is 10.4. The Balaban J connectivity index is 0. The molecule has 9 nitrogen and oxygen atoms in total. The molecule has 6 N–H and O–H groups in total. The lowest BCUT2D eigenvalue weighted by molar-refractivity contribution is -0.140. The second-order valence-corrected chi connectivity index (χ2v) is 7.61. The normalized spacial score (nSPS) is 17.8. The summed E-state index contributed by atoms with van der Waals surface area (Å²) in [5.74, 6) is -1.41. The Morgan fingerprint density at radius 2 is 1.29 bits per heavy atom. The van der Waals surface area contributed by atoms with Gasteiger partial charge in [0, 0.05) is 0 Å². The fourth-order valence-corrected chi connectivity index (χ4v) is 2.52. The highest BCUT2D eigenvalue weighted by Crippen LogP contribution is 2.04. The van der Waals surface area contributed by atoms with E-state index in [4.69, 9.17) is 15.3 Å². The molecule has 0 aromatic rings. The van der Waals surface area contributed by atoms with E-state index in [1.54, 1.807) is 14.1 Å². The van der Waals surface area contributed by atoms with Crippen LogP contribution in [0.3, 0.4) is 0 Å². The molecule has 1 heterocycles. The van der Waals surface area contributed by atoms with E-state index in [0.717, 1.165) is 19.4 Å². The highest BCUT2D eigenvalue weighted by atomic mass is 16.4. The Kier molecular flexibility index (Phi) is 16.6. The molecule has 0 saturated carbocycles. The first-order valence-electron chi connectivity index (χ1n) is 9.72. The van der Waals surface area contributed by atoms with Crippen molar-refractivity contribution in [3.8, 4) is 0 Å². The molecule has 1 aliphatic heterocycles. The van der Waals surface area contributed by atoms with Gasteiger partial charge in [-0.25, -0.2) is 0 Å². The predicted molar refractivity (Wildman–Crippen MR) is 109 cm³/mol. The van der Waals surface area contributed by atoms with Crippen molar-refractivity contribution in [1.29, 1.82) is 0 Å². The summed E-state index contributed by atoms with van der Waals surface area (Å²) in [7, 11) is 3.34. The summed E-state index contributed by atoms with van der Waals surface area (Å²) < 4.78 is 0. The number of nitrogens with one attached hydrogen (secondary N) is 3. The summed E-state index contributed by atoms with van der Waals surface area (Å²) in [5, 5.41) is 33.8. The lowest BCUT2D eigenvalue weighted by atomic mass is 10.0. The van der Waals surface area contributed by atoms with Crippen LogP contribution in [-0.4, -0.2) is 72.0 Å². The summed E-state index contributed by atoms with van der Waals surface area (Å²) in [4.78, 5) is 30.9. The fraction of sp³-hybridized carbons (Fsp3) is 0.842. The van der Waals surface area contributed by atoms with E-state index in [1.165, 1.54) is 0 Å². The van der Waals surface area contributed by atoms with E-state index in [9.17, 15) is 14.4 Å². The molecule has 0 spiro atoms. The Bertz CT molecular complexity index is 423. The summed E-state index contributed by atoms with van der Waals surface area (Å²) in [6, 6.07) is -1.05. The molecule has 1 rings (SSSR count). The average Bonchev–Trinajstić information content (AvgIpc) is 3.12. The van der Waals surface area contributed by atoms with Crippen LogP contribution in [0.5, 0.6) is 0 Å². The topological polar surface area (TPSA) is 148 Å². The number of hydrogen-bond acceptors (Lipinski definition) is 6. The number of carboxylic acid groups (broad SMARTS) is 3. The third kappa shape index (κ3) is 15.4. The van der Waals surface area contributed by atoms with Crippen LogP contribution in [-0.2, 0) is 14.4 Å². The van der Waals surface area contributed by atoms with Crippen molar-refractivity contribution in [2.45, 2.75) is 71.5 Å².